The third kappa shape index (κ3) is 3.76. The average molecular weight is 284 g/mol. The Hall–Kier alpha value is -1.93. The summed E-state index contributed by atoms with van der Waals surface area (Å²) in [4.78, 5) is 7.67. The summed E-state index contributed by atoms with van der Waals surface area (Å²) in [5, 5.41) is 0. The number of pyridine rings is 1. The van der Waals surface area contributed by atoms with Crippen molar-refractivity contribution in [2.75, 3.05) is 5.75 Å². The van der Waals surface area contributed by atoms with Crippen LogP contribution in [0.25, 0.3) is 11.3 Å². The Bertz CT molecular complexity index is 677. The van der Waals surface area contributed by atoms with Gasteiger partial charge in [-0.2, -0.15) is 12.8 Å². The highest BCUT2D eigenvalue weighted by atomic mass is 32.2. The summed E-state index contributed by atoms with van der Waals surface area (Å²) < 4.78 is 45.1. The molecule has 0 saturated carbocycles. The summed E-state index contributed by atoms with van der Waals surface area (Å²) in [5.41, 5.74) is 0.736. The van der Waals surface area contributed by atoms with Crippen LogP contribution in [-0.2, 0) is 16.7 Å². The molecule has 0 spiro atoms. The molecule has 0 bridgehead atoms. The Morgan fingerprint density at radius 3 is 2.74 bits per heavy atom. The maximum absolute atomic E-state index is 13.9. The second-order valence-electron chi connectivity index (χ2n) is 3.82. The molecule has 19 heavy (non-hydrogen) atoms. The van der Waals surface area contributed by atoms with Gasteiger partial charge in [-0.3, -0.25) is 4.55 Å². The number of nitrogens with zero attached hydrogens (tertiary/aromatic N) is 3. The lowest BCUT2D eigenvalue weighted by Crippen LogP contribution is -2.37. The van der Waals surface area contributed by atoms with E-state index in [1.165, 1.54) is 29.4 Å². The minimum atomic E-state index is -4.06. The lowest BCUT2D eigenvalue weighted by molar-refractivity contribution is -0.693. The fraction of sp³-hybridized carbons (Fsp3) is 0.182. The molecule has 8 heteroatoms. The topological polar surface area (TPSA) is 84.0 Å². The zero-order valence-corrected chi connectivity index (χ0v) is 10.6. The van der Waals surface area contributed by atoms with Gasteiger partial charge in [-0.25, -0.2) is 14.5 Å². The van der Waals surface area contributed by atoms with E-state index in [0.29, 0.717) is 11.3 Å². The molecule has 2 aromatic heterocycles. The number of aryl methyl sites for hydroxylation is 1. The van der Waals surface area contributed by atoms with E-state index >= 15 is 0 Å². The van der Waals surface area contributed by atoms with E-state index in [1.807, 2.05) is 0 Å². The Kier molecular flexibility index (Phi) is 3.82. The summed E-state index contributed by atoms with van der Waals surface area (Å²) in [6, 6.07) is 3.06. The van der Waals surface area contributed by atoms with Gasteiger partial charge in [0.1, 0.15) is 12.1 Å². The van der Waals surface area contributed by atoms with Crippen LogP contribution in [0.5, 0.6) is 0 Å². The molecule has 0 radical (unpaired) electrons. The first-order chi connectivity index (χ1) is 8.96. The lowest BCUT2D eigenvalue weighted by atomic mass is 10.2. The van der Waals surface area contributed by atoms with Crippen molar-refractivity contribution in [2.45, 2.75) is 6.54 Å². The molecule has 6 nitrogen and oxygen atoms in total. The molecule has 0 unspecified atom stereocenters. The molecule has 0 aromatic carbocycles. The van der Waals surface area contributed by atoms with Crippen molar-refractivity contribution in [3.8, 4) is 11.3 Å². The highest BCUT2D eigenvalue weighted by molar-refractivity contribution is 7.85. The summed E-state index contributed by atoms with van der Waals surface area (Å²) in [7, 11) is -4.06. The molecule has 0 aliphatic carbocycles. The van der Waals surface area contributed by atoms with Crippen LogP contribution in [0.3, 0.4) is 0 Å². The van der Waals surface area contributed by atoms with Gasteiger partial charge in [-0.15, -0.1) is 0 Å². The minimum Gasteiger partial charge on any atom is -0.285 e. The van der Waals surface area contributed by atoms with Crippen molar-refractivity contribution in [2.24, 2.45) is 0 Å². The molecule has 0 aliphatic rings. The largest absolute Gasteiger partial charge is 0.285 e. The number of hydrogen-bond acceptors (Lipinski definition) is 4. The van der Waals surface area contributed by atoms with E-state index in [4.69, 9.17) is 4.55 Å². The molecule has 2 aromatic rings. The number of halogens is 1. The molecule has 0 atom stereocenters. The van der Waals surface area contributed by atoms with Crippen molar-refractivity contribution in [3.05, 3.63) is 42.9 Å². The average Bonchev–Trinajstić information content (AvgIpc) is 2.37. The van der Waals surface area contributed by atoms with E-state index < -0.39 is 21.7 Å². The fourth-order valence-corrected chi connectivity index (χ4v) is 1.97. The Labute approximate surface area is 109 Å². The van der Waals surface area contributed by atoms with Gasteiger partial charge in [-0.1, -0.05) is 0 Å². The van der Waals surface area contributed by atoms with Gasteiger partial charge < -0.3 is 0 Å². The molecular formula is C11H11FN3O3S+. The Morgan fingerprint density at radius 1 is 1.37 bits per heavy atom. The number of hydrogen-bond donors (Lipinski definition) is 1. The lowest BCUT2D eigenvalue weighted by Gasteiger charge is -2.01. The van der Waals surface area contributed by atoms with Crippen LogP contribution in [0, 0.1) is 5.82 Å². The van der Waals surface area contributed by atoms with Crippen LogP contribution in [-0.4, -0.2) is 28.7 Å². The summed E-state index contributed by atoms with van der Waals surface area (Å²) in [6.45, 7) is -0.0280. The number of rotatable bonds is 4. The summed E-state index contributed by atoms with van der Waals surface area (Å²) in [6.07, 6.45) is 5.49. The molecule has 1 N–H and O–H groups in total. The molecule has 2 rings (SSSR count). The van der Waals surface area contributed by atoms with Crippen LogP contribution < -0.4 is 4.57 Å². The van der Waals surface area contributed by atoms with E-state index in [-0.39, 0.29) is 6.54 Å². The quantitative estimate of drug-likeness (QED) is 0.651. The van der Waals surface area contributed by atoms with Crippen LogP contribution >= 0.6 is 0 Å². The smallest absolute Gasteiger partial charge is 0.271 e. The highest BCUT2D eigenvalue weighted by Gasteiger charge is 2.14. The van der Waals surface area contributed by atoms with Gasteiger partial charge in [0.05, 0.1) is 5.69 Å². The monoisotopic (exact) mass is 284 g/mol. The van der Waals surface area contributed by atoms with Crippen molar-refractivity contribution >= 4 is 10.1 Å². The standard InChI is InChI=1S/C11H10FN3O3S/c12-10-7-15(5-6-19(16,17)18)4-2-9(10)11-1-3-13-8-14-11/h1-4,7-8H,5-6H2/p+1. The van der Waals surface area contributed by atoms with E-state index in [2.05, 4.69) is 9.97 Å². The zero-order valence-electron chi connectivity index (χ0n) is 9.77. The van der Waals surface area contributed by atoms with Gasteiger partial charge >= 0.3 is 0 Å². The van der Waals surface area contributed by atoms with E-state index in [9.17, 15) is 12.8 Å². The van der Waals surface area contributed by atoms with Crippen molar-refractivity contribution in [1.29, 1.82) is 0 Å². The number of aromatic nitrogens is 3. The fourth-order valence-electron chi connectivity index (χ4n) is 1.53. The van der Waals surface area contributed by atoms with Gasteiger partial charge in [0.15, 0.2) is 18.6 Å². The molecule has 0 fully saturated rings. The Balaban J connectivity index is 2.23. The van der Waals surface area contributed by atoms with Crippen molar-refractivity contribution in [3.63, 3.8) is 0 Å². The van der Waals surface area contributed by atoms with Gasteiger partial charge in [0.25, 0.3) is 10.1 Å². The molecule has 0 aliphatic heterocycles. The second-order valence-corrected chi connectivity index (χ2v) is 5.40. The molecule has 100 valence electrons. The first-order valence-corrected chi connectivity index (χ1v) is 6.97. The minimum absolute atomic E-state index is 0.0280. The molecule has 2 heterocycles. The van der Waals surface area contributed by atoms with Crippen LogP contribution in [0.2, 0.25) is 0 Å². The van der Waals surface area contributed by atoms with Crippen LogP contribution in [0.1, 0.15) is 0 Å². The third-order valence-corrected chi connectivity index (χ3v) is 3.13. The predicted molar refractivity (Wildman–Crippen MR) is 64.0 cm³/mol. The first kappa shape index (κ1) is 13.5. The zero-order chi connectivity index (χ0) is 13.9. The maximum Gasteiger partial charge on any atom is 0.271 e. The van der Waals surface area contributed by atoms with E-state index in [0.717, 1.165) is 6.20 Å². The summed E-state index contributed by atoms with van der Waals surface area (Å²) in [5.74, 6) is -0.999. The first-order valence-electron chi connectivity index (χ1n) is 5.36. The van der Waals surface area contributed by atoms with Crippen LogP contribution in [0.4, 0.5) is 4.39 Å². The second kappa shape index (κ2) is 5.37. The van der Waals surface area contributed by atoms with Gasteiger partial charge in [0, 0.05) is 17.8 Å². The van der Waals surface area contributed by atoms with Crippen LogP contribution in [0.15, 0.2) is 37.1 Å². The maximum atomic E-state index is 13.9. The van der Waals surface area contributed by atoms with Crippen molar-refractivity contribution < 1.29 is 21.9 Å². The predicted octanol–water partition coefficient (Wildman–Crippen LogP) is 0.458. The summed E-state index contributed by atoms with van der Waals surface area (Å²) >= 11 is 0. The SMILES string of the molecule is O=S(=O)(O)CC[n+]1ccc(-c2ccncn2)c(F)c1. The van der Waals surface area contributed by atoms with Gasteiger partial charge in [-0.05, 0) is 6.07 Å². The van der Waals surface area contributed by atoms with Gasteiger partial charge in [0.2, 0.25) is 6.20 Å². The Morgan fingerprint density at radius 2 is 2.16 bits per heavy atom. The molecular weight excluding hydrogens is 273 g/mol. The highest BCUT2D eigenvalue weighted by Crippen LogP contribution is 2.17. The molecule has 0 saturated heterocycles. The normalized spacial score (nSPS) is 11.5. The molecule has 0 amide bonds. The van der Waals surface area contributed by atoms with E-state index in [1.54, 1.807) is 6.07 Å². The third-order valence-electron chi connectivity index (χ3n) is 2.43. The van der Waals surface area contributed by atoms with Crippen molar-refractivity contribution in [1.82, 2.24) is 9.97 Å².